The van der Waals surface area contributed by atoms with Crippen molar-refractivity contribution in [3.63, 3.8) is 0 Å². The smallest absolute Gasteiger partial charge is 0.234 e. The molecule has 0 aliphatic carbocycles. The van der Waals surface area contributed by atoms with Crippen molar-refractivity contribution in [2.45, 2.75) is 34.1 Å². The average Bonchev–Trinajstić information content (AvgIpc) is 2.30. The largest absolute Gasteiger partial charge is 0.282 e. The van der Waals surface area contributed by atoms with E-state index in [0.717, 1.165) is 6.42 Å². The number of likely N-dealkylation sites (tertiary alicyclic amines) is 1. The monoisotopic (exact) mass is 183 g/mol. The molecule has 0 bridgehead atoms. The fraction of sp³-hybridized carbons (Fsp3) is 0.800. The molecule has 13 heavy (non-hydrogen) atoms. The summed E-state index contributed by atoms with van der Waals surface area (Å²) < 4.78 is 0. The number of imide groups is 1. The van der Waals surface area contributed by atoms with E-state index in [4.69, 9.17) is 0 Å². The number of carbonyl (C=O) groups is 2. The lowest BCUT2D eigenvalue weighted by atomic mass is 9.95. The van der Waals surface area contributed by atoms with E-state index in [1.807, 2.05) is 27.7 Å². The van der Waals surface area contributed by atoms with E-state index in [0.29, 0.717) is 6.54 Å². The van der Waals surface area contributed by atoms with Crippen molar-refractivity contribution in [3.05, 3.63) is 0 Å². The van der Waals surface area contributed by atoms with Gasteiger partial charge in [0.1, 0.15) is 0 Å². The van der Waals surface area contributed by atoms with Crippen LogP contribution in [0.15, 0.2) is 0 Å². The van der Waals surface area contributed by atoms with Gasteiger partial charge in [0, 0.05) is 17.9 Å². The molecule has 1 fully saturated rings. The molecule has 0 radical (unpaired) electrons. The molecule has 0 aromatic carbocycles. The molecule has 1 atom stereocenters. The van der Waals surface area contributed by atoms with Crippen LogP contribution in [0.2, 0.25) is 0 Å². The Kier molecular flexibility index (Phi) is 2.46. The molecule has 0 saturated carbocycles. The van der Waals surface area contributed by atoms with Crippen molar-refractivity contribution in [1.29, 1.82) is 0 Å². The molecule has 2 amide bonds. The maximum absolute atomic E-state index is 11.7. The minimum atomic E-state index is -0.445. The minimum absolute atomic E-state index is 0.0140. The zero-order chi connectivity index (χ0) is 10.2. The fourth-order valence-electron chi connectivity index (χ4n) is 1.43. The van der Waals surface area contributed by atoms with Crippen LogP contribution in [-0.4, -0.2) is 23.3 Å². The maximum atomic E-state index is 11.7. The highest BCUT2D eigenvalue weighted by Gasteiger charge is 2.37. The van der Waals surface area contributed by atoms with Gasteiger partial charge in [0.05, 0.1) is 0 Å². The summed E-state index contributed by atoms with van der Waals surface area (Å²) in [5.41, 5.74) is -0.445. The lowest BCUT2D eigenvalue weighted by molar-refractivity contribution is -0.148. The molecule has 1 saturated heterocycles. The first-order chi connectivity index (χ1) is 5.84. The topological polar surface area (TPSA) is 37.4 Å². The second-order valence-electron chi connectivity index (χ2n) is 4.73. The van der Waals surface area contributed by atoms with Gasteiger partial charge in [0.15, 0.2) is 0 Å². The lowest BCUT2D eigenvalue weighted by Crippen LogP contribution is -2.40. The molecule has 1 aliphatic heterocycles. The Morgan fingerprint density at radius 2 is 2.00 bits per heavy atom. The number of rotatable bonds is 0. The molecule has 1 rings (SSSR count). The average molecular weight is 183 g/mol. The molecular formula is C10H17NO2. The van der Waals surface area contributed by atoms with E-state index >= 15 is 0 Å². The Balaban J connectivity index is 2.75. The van der Waals surface area contributed by atoms with E-state index in [1.54, 1.807) is 0 Å². The van der Waals surface area contributed by atoms with Gasteiger partial charge in [0.25, 0.3) is 0 Å². The van der Waals surface area contributed by atoms with Crippen LogP contribution in [-0.2, 0) is 9.59 Å². The van der Waals surface area contributed by atoms with Crippen LogP contribution in [0.1, 0.15) is 34.1 Å². The van der Waals surface area contributed by atoms with Crippen molar-refractivity contribution in [2.24, 2.45) is 11.3 Å². The predicted octanol–water partition coefficient (Wildman–Crippen LogP) is 1.43. The molecule has 0 aromatic heterocycles. The van der Waals surface area contributed by atoms with Gasteiger partial charge < -0.3 is 0 Å². The second kappa shape index (κ2) is 3.13. The highest BCUT2D eigenvalue weighted by Crippen LogP contribution is 2.24. The summed E-state index contributed by atoms with van der Waals surface area (Å²) >= 11 is 0. The van der Waals surface area contributed by atoms with Gasteiger partial charge in [-0.25, -0.2) is 0 Å². The van der Waals surface area contributed by atoms with Gasteiger partial charge in [-0.1, -0.05) is 27.7 Å². The maximum Gasteiger partial charge on any atom is 0.234 e. The number of hydrogen-bond acceptors (Lipinski definition) is 2. The predicted molar refractivity (Wildman–Crippen MR) is 50.0 cm³/mol. The standard InChI is InChI=1S/C10H17NO2/c1-7-5-6-11(8(7)12)9(13)10(2,3)4/h7H,5-6H2,1-4H3. The molecule has 1 heterocycles. The summed E-state index contributed by atoms with van der Waals surface area (Å²) in [6.07, 6.45) is 0.806. The normalized spacial score (nSPS) is 23.8. The first-order valence-electron chi connectivity index (χ1n) is 4.70. The van der Waals surface area contributed by atoms with Gasteiger partial charge in [-0.3, -0.25) is 14.5 Å². The van der Waals surface area contributed by atoms with Gasteiger partial charge in [0.2, 0.25) is 11.8 Å². The Morgan fingerprint density at radius 3 is 2.31 bits per heavy atom. The van der Waals surface area contributed by atoms with Crippen molar-refractivity contribution in [2.75, 3.05) is 6.54 Å². The first kappa shape index (κ1) is 10.2. The summed E-state index contributed by atoms with van der Waals surface area (Å²) in [5, 5.41) is 0. The number of carbonyl (C=O) groups excluding carboxylic acids is 2. The molecule has 3 nitrogen and oxygen atoms in total. The van der Waals surface area contributed by atoms with Crippen molar-refractivity contribution >= 4 is 11.8 Å². The van der Waals surface area contributed by atoms with Crippen LogP contribution in [0.4, 0.5) is 0 Å². The van der Waals surface area contributed by atoms with E-state index in [2.05, 4.69) is 0 Å². The van der Waals surface area contributed by atoms with Gasteiger partial charge in [-0.2, -0.15) is 0 Å². The quantitative estimate of drug-likeness (QED) is 0.569. The first-order valence-corrected chi connectivity index (χ1v) is 4.70. The van der Waals surface area contributed by atoms with Gasteiger partial charge >= 0.3 is 0 Å². The SMILES string of the molecule is CC1CCN(C(=O)C(C)(C)C)C1=O. The van der Waals surface area contributed by atoms with Crippen molar-refractivity contribution in [3.8, 4) is 0 Å². The molecule has 0 N–H and O–H groups in total. The molecule has 0 aromatic rings. The van der Waals surface area contributed by atoms with Crippen LogP contribution in [0.5, 0.6) is 0 Å². The molecule has 0 spiro atoms. The summed E-state index contributed by atoms with van der Waals surface area (Å²) in [6, 6.07) is 0. The van der Waals surface area contributed by atoms with E-state index in [1.165, 1.54) is 4.90 Å². The molecule has 1 aliphatic rings. The van der Waals surface area contributed by atoms with Crippen LogP contribution >= 0.6 is 0 Å². The Bertz CT molecular complexity index is 240. The van der Waals surface area contributed by atoms with Crippen LogP contribution in [0, 0.1) is 11.3 Å². The zero-order valence-corrected chi connectivity index (χ0v) is 8.76. The minimum Gasteiger partial charge on any atom is -0.282 e. The Morgan fingerprint density at radius 1 is 1.46 bits per heavy atom. The number of nitrogens with zero attached hydrogens (tertiary/aromatic N) is 1. The molecule has 1 unspecified atom stereocenters. The summed E-state index contributed by atoms with van der Waals surface area (Å²) in [5.74, 6) is -0.0481. The second-order valence-corrected chi connectivity index (χ2v) is 4.73. The Hall–Kier alpha value is -0.860. The van der Waals surface area contributed by atoms with E-state index in [-0.39, 0.29) is 17.7 Å². The Labute approximate surface area is 79.1 Å². The number of hydrogen-bond donors (Lipinski definition) is 0. The molecular weight excluding hydrogens is 166 g/mol. The highest BCUT2D eigenvalue weighted by molar-refractivity contribution is 5.99. The van der Waals surface area contributed by atoms with Crippen molar-refractivity contribution < 1.29 is 9.59 Å². The van der Waals surface area contributed by atoms with E-state index < -0.39 is 5.41 Å². The number of amides is 2. The summed E-state index contributed by atoms with van der Waals surface area (Å²) in [4.78, 5) is 24.6. The van der Waals surface area contributed by atoms with Crippen LogP contribution < -0.4 is 0 Å². The highest BCUT2D eigenvalue weighted by atomic mass is 16.2. The third-order valence-electron chi connectivity index (χ3n) is 2.36. The fourth-order valence-corrected chi connectivity index (χ4v) is 1.43. The van der Waals surface area contributed by atoms with Crippen LogP contribution in [0.25, 0.3) is 0 Å². The third kappa shape index (κ3) is 1.90. The van der Waals surface area contributed by atoms with Crippen molar-refractivity contribution in [1.82, 2.24) is 4.90 Å². The third-order valence-corrected chi connectivity index (χ3v) is 2.36. The molecule has 3 heteroatoms. The van der Waals surface area contributed by atoms with E-state index in [9.17, 15) is 9.59 Å². The zero-order valence-electron chi connectivity index (χ0n) is 8.76. The van der Waals surface area contributed by atoms with Gasteiger partial charge in [-0.05, 0) is 6.42 Å². The summed E-state index contributed by atoms with van der Waals surface area (Å²) in [7, 11) is 0. The lowest BCUT2D eigenvalue weighted by Gasteiger charge is -2.24. The van der Waals surface area contributed by atoms with Crippen LogP contribution in [0.3, 0.4) is 0 Å². The summed E-state index contributed by atoms with van der Waals surface area (Å²) in [6.45, 7) is 7.98. The van der Waals surface area contributed by atoms with Gasteiger partial charge in [-0.15, -0.1) is 0 Å². The molecule has 74 valence electrons.